The molecule has 2 aromatic carbocycles. The molecule has 0 unspecified atom stereocenters. The quantitative estimate of drug-likeness (QED) is 0.794. The van der Waals surface area contributed by atoms with Crippen molar-refractivity contribution >= 4 is 23.4 Å². The number of nitrogens with zero attached hydrogens (tertiary/aromatic N) is 1. The van der Waals surface area contributed by atoms with E-state index in [0.29, 0.717) is 13.1 Å². The summed E-state index contributed by atoms with van der Waals surface area (Å²) < 4.78 is 5.53. The number of anilines is 2. The molecule has 6 nitrogen and oxygen atoms in total. The van der Waals surface area contributed by atoms with Gasteiger partial charge in [0.1, 0.15) is 5.60 Å². The predicted molar refractivity (Wildman–Crippen MR) is 116 cm³/mol. The zero-order valence-corrected chi connectivity index (χ0v) is 17.8. The molecule has 2 N–H and O–H groups in total. The third-order valence-corrected chi connectivity index (χ3v) is 4.80. The minimum Gasteiger partial charge on any atom is -0.444 e. The molecule has 2 amide bonds. The Morgan fingerprint density at radius 2 is 1.69 bits per heavy atom. The summed E-state index contributed by atoms with van der Waals surface area (Å²) in [7, 11) is 1.83. The van der Waals surface area contributed by atoms with E-state index >= 15 is 0 Å². The van der Waals surface area contributed by atoms with E-state index in [2.05, 4.69) is 28.8 Å². The Bertz CT molecular complexity index is 931. The van der Waals surface area contributed by atoms with Gasteiger partial charge in [-0.15, -0.1) is 0 Å². The predicted octanol–water partition coefficient (Wildman–Crippen LogP) is 4.65. The molecule has 6 heteroatoms. The van der Waals surface area contributed by atoms with Gasteiger partial charge >= 0.3 is 6.09 Å². The van der Waals surface area contributed by atoms with Crippen molar-refractivity contribution in [1.29, 1.82) is 0 Å². The highest BCUT2D eigenvalue weighted by Crippen LogP contribution is 2.31. The van der Waals surface area contributed by atoms with Gasteiger partial charge in [-0.05, 0) is 67.6 Å². The molecule has 29 heavy (non-hydrogen) atoms. The van der Waals surface area contributed by atoms with Crippen molar-refractivity contribution in [3.8, 4) is 11.1 Å². The summed E-state index contributed by atoms with van der Waals surface area (Å²) in [5.41, 5.74) is 5.61. The van der Waals surface area contributed by atoms with Crippen LogP contribution in [0, 0.1) is 0 Å². The lowest BCUT2D eigenvalue weighted by molar-refractivity contribution is -0.114. The summed E-state index contributed by atoms with van der Waals surface area (Å²) in [6, 6.07) is 12.3. The van der Waals surface area contributed by atoms with Crippen molar-refractivity contribution < 1.29 is 14.3 Å². The third kappa shape index (κ3) is 5.08. The van der Waals surface area contributed by atoms with Crippen molar-refractivity contribution in [2.45, 2.75) is 46.3 Å². The van der Waals surface area contributed by atoms with Gasteiger partial charge in [0, 0.05) is 27.1 Å². The minimum absolute atomic E-state index is 0.106. The van der Waals surface area contributed by atoms with E-state index in [1.54, 1.807) is 4.90 Å². The zero-order valence-electron chi connectivity index (χ0n) is 17.8. The summed E-state index contributed by atoms with van der Waals surface area (Å²) in [6.45, 7) is 8.34. The molecule has 154 valence electrons. The fraction of sp³-hybridized carbons (Fsp3) is 0.391. The second-order valence-electron chi connectivity index (χ2n) is 8.33. The van der Waals surface area contributed by atoms with Gasteiger partial charge in [0.25, 0.3) is 0 Å². The van der Waals surface area contributed by atoms with Crippen molar-refractivity contribution in [3.63, 3.8) is 0 Å². The molecule has 0 fully saturated rings. The zero-order chi connectivity index (χ0) is 21.2. The van der Waals surface area contributed by atoms with Gasteiger partial charge in [0.05, 0.1) is 11.4 Å². The van der Waals surface area contributed by atoms with E-state index in [1.165, 1.54) is 12.5 Å². The highest BCUT2D eigenvalue weighted by Gasteiger charge is 2.25. The van der Waals surface area contributed by atoms with Gasteiger partial charge in [0.2, 0.25) is 5.91 Å². The van der Waals surface area contributed by atoms with Crippen LogP contribution in [0.25, 0.3) is 11.1 Å². The van der Waals surface area contributed by atoms with Crippen LogP contribution in [0.5, 0.6) is 0 Å². The fourth-order valence-electron chi connectivity index (χ4n) is 3.45. The number of hydrogen-bond acceptors (Lipinski definition) is 4. The number of hydrogen-bond donors (Lipinski definition) is 2. The van der Waals surface area contributed by atoms with Crippen LogP contribution >= 0.6 is 0 Å². The van der Waals surface area contributed by atoms with Crippen LogP contribution in [0.3, 0.4) is 0 Å². The molecule has 1 aliphatic heterocycles. The van der Waals surface area contributed by atoms with Gasteiger partial charge in [0.15, 0.2) is 0 Å². The fourth-order valence-corrected chi connectivity index (χ4v) is 3.45. The van der Waals surface area contributed by atoms with E-state index in [9.17, 15) is 9.59 Å². The summed E-state index contributed by atoms with van der Waals surface area (Å²) in [5.74, 6) is -0.106. The van der Waals surface area contributed by atoms with Crippen LogP contribution in [0.4, 0.5) is 16.2 Å². The maximum atomic E-state index is 12.4. The number of nitrogens with one attached hydrogen (secondary N) is 2. The van der Waals surface area contributed by atoms with Gasteiger partial charge in [-0.3, -0.25) is 4.79 Å². The average Bonchev–Trinajstić information content (AvgIpc) is 2.65. The van der Waals surface area contributed by atoms with E-state index in [1.807, 2.05) is 46.0 Å². The topological polar surface area (TPSA) is 70.7 Å². The lowest BCUT2D eigenvalue weighted by atomic mass is 9.94. The standard InChI is InChI=1S/C23H29N3O3/c1-15(27)25-20-9-8-18(13-21(20)24-5)17-7-6-16-10-11-26(14-19(16)12-17)22(28)29-23(2,3)4/h6-9,12-13,24H,10-11,14H2,1-5H3,(H,25,27). The van der Waals surface area contributed by atoms with Crippen LogP contribution in [-0.4, -0.2) is 36.1 Å². The first-order valence-electron chi connectivity index (χ1n) is 9.86. The first-order chi connectivity index (χ1) is 13.7. The molecular weight excluding hydrogens is 366 g/mol. The molecule has 0 radical (unpaired) electrons. The van der Waals surface area contributed by atoms with E-state index in [0.717, 1.165) is 34.5 Å². The van der Waals surface area contributed by atoms with E-state index in [-0.39, 0.29) is 12.0 Å². The molecule has 1 aliphatic rings. The maximum absolute atomic E-state index is 12.4. The number of ether oxygens (including phenoxy) is 1. The number of rotatable bonds is 3. The summed E-state index contributed by atoms with van der Waals surface area (Å²) >= 11 is 0. The van der Waals surface area contributed by atoms with Gasteiger partial charge < -0.3 is 20.3 Å². The highest BCUT2D eigenvalue weighted by atomic mass is 16.6. The number of amides is 2. The lowest BCUT2D eigenvalue weighted by Gasteiger charge is -2.31. The number of fused-ring (bicyclic) bond motifs is 1. The van der Waals surface area contributed by atoms with Gasteiger partial charge in [-0.2, -0.15) is 0 Å². The van der Waals surface area contributed by atoms with Gasteiger partial charge in [-0.1, -0.05) is 18.2 Å². The van der Waals surface area contributed by atoms with Crippen LogP contribution in [0.2, 0.25) is 0 Å². The van der Waals surface area contributed by atoms with Crippen molar-refractivity contribution in [2.75, 3.05) is 24.2 Å². The summed E-state index contributed by atoms with van der Waals surface area (Å²) in [6.07, 6.45) is 0.545. The van der Waals surface area contributed by atoms with E-state index in [4.69, 9.17) is 4.74 Å². The van der Waals surface area contributed by atoms with Crippen LogP contribution in [-0.2, 0) is 22.5 Å². The Balaban J connectivity index is 1.85. The van der Waals surface area contributed by atoms with Crippen LogP contribution in [0.1, 0.15) is 38.8 Å². The van der Waals surface area contributed by atoms with Crippen molar-refractivity contribution in [2.24, 2.45) is 0 Å². The molecule has 0 atom stereocenters. The second kappa shape index (κ2) is 8.15. The monoisotopic (exact) mass is 395 g/mol. The first kappa shape index (κ1) is 20.7. The van der Waals surface area contributed by atoms with Crippen molar-refractivity contribution in [1.82, 2.24) is 4.90 Å². The summed E-state index contributed by atoms with van der Waals surface area (Å²) in [5, 5.41) is 5.96. The maximum Gasteiger partial charge on any atom is 0.410 e. The first-order valence-corrected chi connectivity index (χ1v) is 9.86. The average molecular weight is 396 g/mol. The van der Waals surface area contributed by atoms with Crippen molar-refractivity contribution in [3.05, 3.63) is 47.5 Å². The molecule has 0 aromatic heterocycles. The molecule has 1 heterocycles. The molecule has 0 spiro atoms. The smallest absolute Gasteiger partial charge is 0.410 e. The number of benzene rings is 2. The Morgan fingerprint density at radius 3 is 2.34 bits per heavy atom. The SMILES string of the molecule is CNc1cc(-c2ccc3c(c2)CN(C(=O)OC(C)(C)C)CC3)ccc1NC(C)=O. The molecular formula is C23H29N3O3. The second-order valence-corrected chi connectivity index (χ2v) is 8.33. The highest BCUT2D eigenvalue weighted by molar-refractivity contribution is 5.93. The van der Waals surface area contributed by atoms with E-state index < -0.39 is 5.60 Å². The third-order valence-electron chi connectivity index (χ3n) is 4.80. The lowest BCUT2D eigenvalue weighted by Crippen LogP contribution is -2.39. The van der Waals surface area contributed by atoms with Crippen LogP contribution in [0.15, 0.2) is 36.4 Å². The normalized spacial score (nSPS) is 13.5. The Labute approximate surface area is 172 Å². The largest absolute Gasteiger partial charge is 0.444 e. The Hall–Kier alpha value is -3.02. The number of carbonyl (C=O) groups excluding carboxylic acids is 2. The molecule has 0 aliphatic carbocycles. The molecule has 2 aromatic rings. The molecule has 0 bridgehead atoms. The van der Waals surface area contributed by atoms with Gasteiger partial charge in [-0.25, -0.2) is 4.79 Å². The Kier molecular flexibility index (Phi) is 5.82. The Morgan fingerprint density at radius 1 is 1.00 bits per heavy atom. The molecule has 3 rings (SSSR count). The number of carbonyl (C=O) groups is 2. The minimum atomic E-state index is -0.502. The van der Waals surface area contributed by atoms with Crippen LogP contribution < -0.4 is 10.6 Å². The molecule has 0 saturated heterocycles. The molecule has 0 saturated carbocycles. The summed E-state index contributed by atoms with van der Waals surface area (Å²) in [4.78, 5) is 25.6.